The van der Waals surface area contributed by atoms with E-state index < -0.39 is 11.9 Å². The highest BCUT2D eigenvalue weighted by molar-refractivity contribution is 6.06. The number of carbonyl (C=O) groups is 2. The number of carbonyl (C=O) groups excluding carboxylic acids is 1. The number of rotatable bonds is 7. The van der Waals surface area contributed by atoms with E-state index >= 15 is 0 Å². The lowest BCUT2D eigenvalue weighted by Crippen LogP contribution is -2.19. The van der Waals surface area contributed by atoms with Crippen LogP contribution in [0.3, 0.4) is 0 Å². The Bertz CT molecular complexity index is 917. The molecule has 0 saturated heterocycles. The number of carboxylic acid groups (broad SMARTS) is 1. The van der Waals surface area contributed by atoms with Gasteiger partial charge in [-0.25, -0.2) is 4.79 Å². The molecule has 0 spiro atoms. The molecule has 0 aliphatic carbocycles. The van der Waals surface area contributed by atoms with Crippen LogP contribution in [0, 0.1) is 5.92 Å². The van der Waals surface area contributed by atoms with Crippen LogP contribution in [0.25, 0.3) is 0 Å². The molecular formula is C19H22N2O6. The Morgan fingerprint density at radius 3 is 2.37 bits per heavy atom. The highest BCUT2D eigenvalue weighted by Gasteiger charge is 2.19. The van der Waals surface area contributed by atoms with E-state index in [2.05, 4.69) is 10.3 Å². The average Bonchev–Trinajstić information content (AvgIpc) is 2.59. The van der Waals surface area contributed by atoms with Gasteiger partial charge in [0.05, 0.1) is 25.5 Å². The summed E-state index contributed by atoms with van der Waals surface area (Å²) >= 11 is 0. The molecule has 2 rings (SSSR count). The lowest BCUT2D eigenvalue weighted by atomic mass is 10.1. The van der Waals surface area contributed by atoms with Gasteiger partial charge in [0.25, 0.3) is 5.91 Å². The van der Waals surface area contributed by atoms with Crippen molar-refractivity contribution in [1.82, 2.24) is 4.98 Å². The second kappa shape index (κ2) is 8.39. The molecule has 1 amide bonds. The van der Waals surface area contributed by atoms with Crippen molar-refractivity contribution in [1.29, 1.82) is 0 Å². The number of hydrogen-bond donors (Lipinski definition) is 3. The van der Waals surface area contributed by atoms with Crippen molar-refractivity contribution >= 4 is 17.6 Å². The Hall–Kier alpha value is -3.29. The van der Waals surface area contributed by atoms with Gasteiger partial charge in [-0.3, -0.25) is 9.59 Å². The molecule has 3 N–H and O–H groups in total. The van der Waals surface area contributed by atoms with E-state index in [0.29, 0.717) is 18.0 Å². The number of ether oxygens (including phenoxy) is 2. The van der Waals surface area contributed by atoms with Crippen molar-refractivity contribution in [3.8, 4) is 11.5 Å². The van der Waals surface area contributed by atoms with Gasteiger partial charge >= 0.3 is 5.97 Å². The number of nitrogens with one attached hydrogen (secondary N) is 2. The SMILES string of the molecule is COc1cc(C(=O)O)cc(NC(=O)c2cc(CC(C)C)[nH]c(=O)c2)c1OC. The highest BCUT2D eigenvalue weighted by Crippen LogP contribution is 2.36. The highest BCUT2D eigenvalue weighted by atomic mass is 16.5. The van der Waals surface area contributed by atoms with E-state index in [9.17, 15) is 19.5 Å². The van der Waals surface area contributed by atoms with Crippen molar-refractivity contribution in [2.75, 3.05) is 19.5 Å². The lowest BCUT2D eigenvalue weighted by molar-refractivity contribution is 0.0696. The number of anilines is 1. The second-order valence-corrected chi connectivity index (χ2v) is 6.38. The molecule has 0 saturated carbocycles. The van der Waals surface area contributed by atoms with Crippen LogP contribution in [0.4, 0.5) is 5.69 Å². The Labute approximate surface area is 156 Å². The summed E-state index contributed by atoms with van der Waals surface area (Å²) in [6.07, 6.45) is 0.613. The Morgan fingerprint density at radius 2 is 1.81 bits per heavy atom. The Balaban J connectivity index is 2.43. The van der Waals surface area contributed by atoms with Crippen LogP contribution in [-0.2, 0) is 6.42 Å². The van der Waals surface area contributed by atoms with Crippen LogP contribution in [0.1, 0.15) is 40.3 Å². The molecule has 0 radical (unpaired) electrons. The van der Waals surface area contributed by atoms with Gasteiger partial charge < -0.3 is 24.9 Å². The Kier molecular flexibility index (Phi) is 6.23. The van der Waals surface area contributed by atoms with Gasteiger partial charge in [-0.1, -0.05) is 13.8 Å². The predicted octanol–water partition coefficient (Wildman–Crippen LogP) is 2.54. The van der Waals surface area contributed by atoms with E-state index in [4.69, 9.17) is 9.47 Å². The summed E-state index contributed by atoms with van der Waals surface area (Å²) in [5, 5.41) is 11.8. The predicted molar refractivity (Wildman–Crippen MR) is 100 cm³/mol. The molecule has 0 fully saturated rings. The summed E-state index contributed by atoms with van der Waals surface area (Å²) in [5.74, 6) is -1.09. The standard InChI is InChI=1S/C19H22N2O6/c1-10(2)5-13-6-11(9-16(22)20-13)18(23)21-14-7-12(19(24)25)8-15(26-3)17(14)27-4/h6-10H,5H2,1-4H3,(H,20,22)(H,21,23)(H,24,25). The fraction of sp³-hybridized carbons (Fsp3) is 0.316. The maximum absolute atomic E-state index is 12.6. The summed E-state index contributed by atoms with van der Waals surface area (Å²) in [4.78, 5) is 38.5. The molecule has 8 heteroatoms. The third-order valence-electron chi connectivity index (χ3n) is 3.76. The molecule has 1 aromatic heterocycles. The zero-order valence-electron chi connectivity index (χ0n) is 15.6. The van der Waals surface area contributed by atoms with Crippen molar-refractivity contribution in [2.24, 2.45) is 5.92 Å². The smallest absolute Gasteiger partial charge is 0.335 e. The first-order chi connectivity index (χ1) is 12.7. The number of amides is 1. The maximum atomic E-state index is 12.6. The molecule has 0 unspecified atom stereocenters. The average molecular weight is 374 g/mol. The van der Waals surface area contributed by atoms with Gasteiger partial charge in [-0.05, 0) is 30.5 Å². The Morgan fingerprint density at radius 1 is 1.11 bits per heavy atom. The van der Waals surface area contributed by atoms with E-state index in [0.717, 1.165) is 0 Å². The van der Waals surface area contributed by atoms with Gasteiger partial charge in [0, 0.05) is 17.3 Å². The molecule has 0 aliphatic rings. The van der Waals surface area contributed by atoms with Gasteiger partial charge in [0.2, 0.25) is 5.56 Å². The normalized spacial score (nSPS) is 10.6. The van der Waals surface area contributed by atoms with Gasteiger partial charge in [0.15, 0.2) is 11.5 Å². The van der Waals surface area contributed by atoms with E-state index in [1.54, 1.807) is 6.07 Å². The number of H-pyrrole nitrogens is 1. The van der Waals surface area contributed by atoms with Crippen molar-refractivity contribution in [3.05, 3.63) is 51.4 Å². The third kappa shape index (κ3) is 4.87. The molecule has 1 aromatic carbocycles. The lowest BCUT2D eigenvalue weighted by Gasteiger charge is -2.15. The topological polar surface area (TPSA) is 118 Å². The minimum absolute atomic E-state index is 0.0747. The number of hydrogen-bond acceptors (Lipinski definition) is 5. The number of benzene rings is 1. The van der Waals surface area contributed by atoms with E-state index in [1.807, 2.05) is 13.8 Å². The van der Waals surface area contributed by atoms with Crippen LogP contribution in [0.2, 0.25) is 0 Å². The van der Waals surface area contributed by atoms with E-state index in [1.165, 1.54) is 32.4 Å². The molecule has 0 aliphatic heterocycles. The summed E-state index contributed by atoms with van der Waals surface area (Å²) < 4.78 is 10.4. The first kappa shape index (κ1) is 20.0. The van der Waals surface area contributed by atoms with E-state index in [-0.39, 0.29) is 33.9 Å². The maximum Gasteiger partial charge on any atom is 0.335 e. The minimum atomic E-state index is -1.18. The molecule has 8 nitrogen and oxygen atoms in total. The number of aromatic nitrogens is 1. The molecule has 0 atom stereocenters. The summed E-state index contributed by atoms with van der Waals surface area (Å²) in [7, 11) is 2.74. The van der Waals surface area contributed by atoms with Crippen molar-refractivity contribution in [3.63, 3.8) is 0 Å². The number of pyridine rings is 1. The number of carboxylic acids is 1. The zero-order valence-corrected chi connectivity index (χ0v) is 15.6. The molecular weight excluding hydrogens is 352 g/mol. The number of methoxy groups -OCH3 is 2. The minimum Gasteiger partial charge on any atom is -0.493 e. The largest absolute Gasteiger partial charge is 0.493 e. The number of aromatic carboxylic acids is 1. The van der Waals surface area contributed by atoms with Crippen LogP contribution in [-0.4, -0.2) is 36.2 Å². The van der Waals surface area contributed by atoms with Crippen LogP contribution >= 0.6 is 0 Å². The number of aromatic amines is 1. The van der Waals surface area contributed by atoms with Gasteiger partial charge in [-0.2, -0.15) is 0 Å². The monoisotopic (exact) mass is 374 g/mol. The zero-order chi connectivity index (χ0) is 20.1. The van der Waals surface area contributed by atoms with Crippen molar-refractivity contribution in [2.45, 2.75) is 20.3 Å². The quantitative estimate of drug-likeness (QED) is 0.685. The third-order valence-corrected chi connectivity index (χ3v) is 3.76. The van der Waals surface area contributed by atoms with Crippen LogP contribution in [0.5, 0.6) is 11.5 Å². The fourth-order valence-corrected chi connectivity index (χ4v) is 2.66. The van der Waals surface area contributed by atoms with Gasteiger partial charge in [0.1, 0.15) is 0 Å². The fourth-order valence-electron chi connectivity index (χ4n) is 2.66. The summed E-state index contributed by atoms with van der Waals surface area (Å²) in [6, 6.07) is 5.35. The molecule has 1 heterocycles. The summed E-state index contributed by atoms with van der Waals surface area (Å²) in [5.41, 5.74) is 0.476. The second-order valence-electron chi connectivity index (χ2n) is 6.38. The molecule has 144 valence electrons. The summed E-state index contributed by atoms with van der Waals surface area (Å²) in [6.45, 7) is 4.00. The first-order valence-electron chi connectivity index (χ1n) is 8.29. The van der Waals surface area contributed by atoms with Crippen LogP contribution < -0.4 is 20.3 Å². The molecule has 0 bridgehead atoms. The first-order valence-corrected chi connectivity index (χ1v) is 8.29. The van der Waals surface area contributed by atoms with Crippen molar-refractivity contribution < 1.29 is 24.2 Å². The van der Waals surface area contributed by atoms with Crippen LogP contribution in [0.15, 0.2) is 29.1 Å². The molecule has 27 heavy (non-hydrogen) atoms. The molecule has 2 aromatic rings. The van der Waals surface area contributed by atoms with Gasteiger partial charge in [-0.15, -0.1) is 0 Å².